The van der Waals surface area contributed by atoms with Crippen molar-refractivity contribution in [2.24, 2.45) is 5.92 Å². The van der Waals surface area contributed by atoms with Crippen LogP contribution in [-0.2, 0) is 98.6 Å². The van der Waals surface area contributed by atoms with E-state index in [-0.39, 0.29) is 45.7 Å². The van der Waals surface area contributed by atoms with Gasteiger partial charge in [-0.3, -0.25) is 9.59 Å². The Morgan fingerprint density at radius 3 is 1.86 bits per heavy atom. The molecule has 1 aromatic carbocycles. The molecule has 2 N–H and O–H groups in total. The molecule has 506 valence electrons. The number of benzene rings is 1. The number of aliphatic hydroxyl groups is 2. The predicted molar refractivity (Wildman–Crippen MR) is 323 cm³/mol. The van der Waals surface area contributed by atoms with E-state index >= 15 is 8.63 Å². The topological polar surface area (TPSA) is 286 Å². The third-order valence-corrected chi connectivity index (χ3v) is 16.4. The number of carbonyl (C=O) groups excluding carboxylic acids is 4. The normalized spacial score (nSPS) is 23.8. The second-order valence-electron chi connectivity index (χ2n) is 22.8. The summed E-state index contributed by atoms with van der Waals surface area (Å²) in [5.41, 5.74) is -2.30. The first kappa shape index (κ1) is 71.2. The lowest BCUT2D eigenvalue weighted by Gasteiger charge is -2.41. The maximum atomic E-state index is 15.1. The number of rotatable bonds is 41. The Kier molecular flexibility index (Phi) is 26.3. The van der Waals surface area contributed by atoms with E-state index < -0.39 is 71.9 Å². The number of carbonyl (C=O) groups is 4. The molecule has 2 aromatic heterocycles. The summed E-state index contributed by atoms with van der Waals surface area (Å²) in [6.45, 7) is 12.7. The number of halogens is 2. The second kappa shape index (κ2) is 34.0. The van der Waals surface area contributed by atoms with E-state index in [9.17, 15) is 29.4 Å². The molecule has 1 saturated heterocycles. The molecule has 26 nitrogen and oxygen atoms in total. The quantitative estimate of drug-likeness (QED) is 0.0202. The molecular weight excluding hydrogens is 1210 g/mol. The lowest BCUT2D eigenvalue weighted by atomic mass is 9.75. The van der Waals surface area contributed by atoms with Gasteiger partial charge in [-0.2, -0.15) is 0 Å². The monoisotopic (exact) mass is 1300 g/mol. The predicted octanol–water partition coefficient (Wildman–Crippen LogP) is 4.12. The smallest absolute Gasteiger partial charge is 0.487 e. The fraction of sp³-hybridized carbons (Fsp3) is 0.603. The lowest BCUT2D eigenvalue weighted by Crippen LogP contribution is -2.64. The number of hydrogen-bond acceptors (Lipinski definition) is 23. The molecule has 5 aliphatic rings. The fourth-order valence-corrected chi connectivity index (χ4v) is 11.5. The maximum Gasteiger partial charge on any atom is 0.737 e. The molecule has 0 bridgehead atoms. The van der Waals surface area contributed by atoms with Crippen LogP contribution in [-0.4, -0.2) is 238 Å². The molecule has 0 unspecified atom stereocenters. The van der Waals surface area contributed by atoms with E-state index in [1.54, 1.807) is 68.9 Å². The van der Waals surface area contributed by atoms with Crippen molar-refractivity contribution in [3.63, 3.8) is 0 Å². The highest BCUT2D eigenvalue weighted by Gasteiger charge is 2.74. The van der Waals surface area contributed by atoms with Crippen LogP contribution < -0.4 is 4.74 Å². The largest absolute Gasteiger partial charge is 0.737 e. The number of allylic oxidation sites excluding steroid dienone is 3. The highest BCUT2D eigenvalue weighted by Crippen LogP contribution is 2.57. The number of ether oxygens (including phenoxy) is 15. The van der Waals surface area contributed by atoms with E-state index in [2.05, 4.69) is 10.3 Å². The van der Waals surface area contributed by atoms with Crippen molar-refractivity contribution in [3.8, 4) is 5.75 Å². The van der Waals surface area contributed by atoms with E-state index in [0.29, 0.717) is 158 Å². The van der Waals surface area contributed by atoms with Crippen molar-refractivity contribution in [1.29, 1.82) is 0 Å². The molecule has 0 radical (unpaired) electrons. The summed E-state index contributed by atoms with van der Waals surface area (Å²) in [6, 6.07) is 10.7. The lowest BCUT2D eigenvalue weighted by molar-refractivity contribution is -0.356. The molecule has 5 heterocycles. The van der Waals surface area contributed by atoms with E-state index in [0.717, 1.165) is 27.0 Å². The van der Waals surface area contributed by atoms with Gasteiger partial charge in [0.2, 0.25) is 0 Å². The summed E-state index contributed by atoms with van der Waals surface area (Å²) in [5, 5.41) is 32.3. The van der Waals surface area contributed by atoms with Gasteiger partial charge in [-0.15, -0.1) is 5.10 Å². The van der Waals surface area contributed by atoms with Crippen LogP contribution in [0.2, 0.25) is 0 Å². The summed E-state index contributed by atoms with van der Waals surface area (Å²) in [5.74, 6) is -3.33. The Bertz CT molecular complexity index is 3110. The number of nitrogens with zero attached hydrogens (tertiary/aromatic N) is 5. The van der Waals surface area contributed by atoms with Crippen molar-refractivity contribution in [3.05, 3.63) is 106 Å². The van der Waals surface area contributed by atoms with Gasteiger partial charge in [0.1, 0.15) is 42.1 Å². The van der Waals surface area contributed by atoms with Gasteiger partial charge in [-0.25, -0.2) is 14.3 Å². The molecule has 92 heavy (non-hydrogen) atoms. The molecule has 1 saturated carbocycles. The Labute approximate surface area is 533 Å². The SMILES string of the molecule is C/C=C(/C)C(=O)O[C@@H]1C[C@H]2C(=C1C)[C@@H]1OC(=O)[C@@](C)(O)[C@@]1(O)[C@@H](OC(=O)CCOCCOCCOCCOCCOCCOCCOCCOCCOCCOCCn1cc(COc3ccc(C4=C5C=CC=[N+]5[B-](F)(F)n5cccc54)cc3)nn1)C[C@]2(C)OC(C)=O. The molecule has 2 fully saturated rings. The maximum absolute atomic E-state index is 15.1. The minimum atomic E-state index is -3.95. The van der Waals surface area contributed by atoms with E-state index in [1.807, 2.05) is 24.3 Å². The molecule has 2 aliphatic carbocycles. The van der Waals surface area contributed by atoms with Crippen molar-refractivity contribution in [2.45, 2.75) is 109 Å². The average Bonchev–Trinajstić information content (AvgIpc) is 1.53. The van der Waals surface area contributed by atoms with Crippen LogP contribution >= 0.6 is 0 Å². The molecule has 3 aliphatic heterocycles. The number of hydrogen-bond donors (Lipinski definition) is 2. The van der Waals surface area contributed by atoms with Gasteiger partial charge in [-0.1, -0.05) is 23.4 Å². The van der Waals surface area contributed by atoms with Crippen LogP contribution in [0.1, 0.15) is 77.8 Å². The third-order valence-electron chi connectivity index (χ3n) is 16.4. The number of fused-ring (bicyclic) bond motifs is 5. The van der Waals surface area contributed by atoms with Crippen LogP contribution in [0.25, 0.3) is 5.57 Å². The highest BCUT2D eigenvalue weighted by molar-refractivity contribution is 6.57. The van der Waals surface area contributed by atoms with Gasteiger partial charge in [0.25, 0.3) is 0 Å². The van der Waals surface area contributed by atoms with E-state index in [1.165, 1.54) is 19.3 Å². The van der Waals surface area contributed by atoms with Gasteiger partial charge in [0.15, 0.2) is 23.0 Å². The fourth-order valence-electron chi connectivity index (χ4n) is 11.5. The van der Waals surface area contributed by atoms with Crippen LogP contribution in [0.5, 0.6) is 5.75 Å². The second-order valence-corrected chi connectivity index (χ2v) is 22.8. The molecule has 3 aromatic rings. The number of aromatic nitrogens is 4. The van der Waals surface area contributed by atoms with Crippen molar-refractivity contribution in [1.82, 2.24) is 19.5 Å². The zero-order chi connectivity index (χ0) is 65.7. The Balaban J connectivity index is 0.554. The zero-order valence-electron chi connectivity index (χ0n) is 53.1. The first-order valence-corrected chi connectivity index (χ1v) is 31.0. The summed E-state index contributed by atoms with van der Waals surface area (Å²) in [4.78, 5) is 51.8. The van der Waals surface area contributed by atoms with Crippen LogP contribution in [0.3, 0.4) is 0 Å². The summed E-state index contributed by atoms with van der Waals surface area (Å²) >= 11 is 0. The van der Waals surface area contributed by atoms with Gasteiger partial charge in [-0.05, 0) is 88.2 Å². The molecule has 8 rings (SSSR count). The molecule has 0 amide bonds. The van der Waals surface area contributed by atoms with Crippen molar-refractivity contribution in [2.75, 3.05) is 132 Å². The summed E-state index contributed by atoms with van der Waals surface area (Å²) < 4.78 is 119. The van der Waals surface area contributed by atoms with Gasteiger partial charge < -0.3 is 98.9 Å². The van der Waals surface area contributed by atoms with Gasteiger partial charge in [0.05, 0.1) is 157 Å². The van der Waals surface area contributed by atoms with Gasteiger partial charge in [0, 0.05) is 42.7 Å². The van der Waals surface area contributed by atoms with Crippen molar-refractivity contribution >= 4 is 42.6 Å². The zero-order valence-corrected chi connectivity index (χ0v) is 53.1. The Morgan fingerprint density at radius 1 is 0.772 bits per heavy atom. The number of esters is 4. The summed E-state index contributed by atoms with van der Waals surface area (Å²) in [7, 11) is 0. The Morgan fingerprint density at radius 2 is 1.32 bits per heavy atom. The van der Waals surface area contributed by atoms with Crippen LogP contribution in [0.4, 0.5) is 8.63 Å². The van der Waals surface area contributed by atoms with Crippen molar-refractivity contribution < 1.29 is 114 Å². The molecule has 7 atom stereocenters. The van der Waals surface area contributed by atoms with Crippen LogP contribution in [0.15, 0.2) is 89.4 Å². The third kappa shape index (κ3) is 18.0. The van der Waals surface area contributed by atoms with Gasteiger partial charge >= 0.3 is 30.8 Å². The summed E-state index contributed by atoms with van der Waals surface area (Å²) in [6.07, 6.45) is 5.15. The minimum absolute atomic E-state index is 0.0713. The van der Waals surface area contributed by atoms with Crippen LogP contribution in [0, 0.1) is 5.92 Å². The first-order chi connectivity index (χ1) is 44.3. The molecule has 0 spiro atoms. The molecule has 29 heteroatoms. The first-order valence-electron chi connectivity index (χ1n) is 31.0. The highest BCUT2D eigenvalue weighted by atomic mass is 19.2. The minimum Gasteiger partial charge on any atom is -0.487 e. The molecular formula is C63H86BF2N5O21. The standard InChI is InChI=1S/C63H86BF2N5O21/c1-7-44(2)59(74)89-53-40-50-56(45(53)3)58-63(77,62(6,76)60(75)91-58)54(41-61(50,5)92-46(4)72)90-55(73)16-20-78-22-24-80-26-28-82-30-32-84-34-36-86-38-39-87-37-35-85-33-31-83-29-27-81-25-23-79-21-19-69-42-48(67-68-69)43-88-49-14-12-47(13-15-49)57-51-10-8-17-70(51)64(65,66)71-18-9-11-52(57)71/h7-15,17-18,42,50,53-54,58,76-77H,16,19-41,43H2,1-6H3/b44-7-/t50-,53+,54-,58-,61-,62+,63+/m0/s1. The average molecular weight is 1300 g/mol. The Hall–Kier alpha value is -6.61. The van der Waals surface area contributed by atoms with E-state index in [4.69, 9.17) is 71.1 Å².